The second-order valence-corrected chi connectivity index (χ2v) is 3.37. The van der Waals surface area contributed by atoms with Crippen molar-refractivity contribution in [3.05, 3.63) is 18.2 Å². The zero-order valence-corrected chi connectivity index (χ0v) is 9.31. The van der Waals surface area contributed by atoms with E-state index in [0.717, 1.165) is 0 Å². The monoisotopic (exact) mass is 226 g/mol. The molecule has 0 aromatic heterocycles. The van der Waals surface area contributed by atoms with E-state index in [1.807, 2.05) is 13.0 Å². The Balaban J connectivity index is 2.69. The molecule has 1 atom stereocenters. The van der Waals surface area contributed by atoms with Crippen LogP contribution in [0.15, 0.2) is 18.2 Å². The molecule has 5 heteroatoms. The SMILES string of the molecule is CCOc1cccc(NCC(O)CO)c1N. The van der Waals surface area contributed by atoms with Gasteiger partial charge in [0.2, 0.25) is 0 Å². The smallest absolute Gasteiger partial charge is 0.144 e. The average Bonchev–Trinajstić information content (AvgIpc) is 2.30. The summed E-state index contributed by atoms with van der Waals surface area (Å²) >= 11 is 0. The summed E-state index contributed by atoms with van der Waals surface area (Å²) < 4.78 is 5.33. The van der Waals surface area contributed by atoms with Crippen LogP contribution in [0.25, 0.3) is 0 Å². The van der Waals surface area contributed by atoms with Crippen molar-refractivity contribution in [1.29, 1.82) is 0 Å². The van der Waals surface area contributed by atoms with Crippen molar-refractivity contribution in [3.63, 3.8) is 0 Å². The summed E-state index contributed by atoms with van der Waals surface area (Å²) in [5, 5.41) is 20.8. The topological polar surface area (TPSA) is 87.7 Å². The number of rotatable bonds is 6. The molecule has 5 N–H and O–H groups in total. The van der Waals surface area contributed by atoms with E-state index in [1.165, 1.54) is 0 Å². The molecule has 0 fully saturated rings. The van der Waals surface area contributed by atoms with Crippen LogP contribution in [0.2, 0.25) is 0 Å². The van der Waals surface area contributed by atoms with Gasteiger partial charge in [-0.15, -0.1) is 0 Å². The number of anilines is 2. The second kappa shape index (κ2) is 6.19. The van der Waals surface area contributed by atoms with Gasteiger partial charge in [-0.1, -0.05) is 6.07 Å². The van der Waals surface area contributed by atoms with Crippen molar-refractivity contribution in [2.75, 3.05) is 30.8 Å². The summed E-state index contributed by atoms with van der Waals surface area (Å²) in [4.78, 5) is 0. The summed E-state index contributed by atoms with van der Waals surface area (Å²) in [6, 6.07) is 5.39. The first-order valence-electron chi connectivity index (χ1n) is 5.23. The lowest BCUT2D eigenvalue weighted by atomic mass is 10.2. The standard InChI is InChI=1S/C11H18N2O3/c1-2-16-10-5-3-4-9(11(10)12)13-6-8(15)7-14/h3-5,8,13-15H,2,6-7,12H2,1H3. The fourth-order valence-electron chi connectivity index (χ4n) is 1.27. The van der Waals surface area contributed by atoms with Crippen molar-refractivity contribution < 1.29 is 14.9 Å². The van der Waals surface area contributed by atoms with E-state index in [2.05, 4.69) is 5.32 Å². The normalized spacial score (nSPS) is 12.2. The number of para-hydroxylation sites is 1. The number of hydrogen-bond acceptors (Lipinski definition) is 5. The maximum absolute atomic E-state index is 9.20. The number of aliphatic hydroxyl groups is 2. The number of benzene rings is 1. The van der Waals surface area contributed by atoms with Crippen molar-refractivity contribution in [1.82, 2.24) is 0 Å². The molecular formula is C11H18N2O3. The molecule has 5 nitrogen and oxygen atoms in total. The molecule has 0 amide bonds. The fourth-order valence-corrected chi connectivity index (χ4v) is 1.27. The lowest BCUT2D eigenvalue weighted by Crippen LogP contribution is -2.23. The highest BCUT2D eigenvalue weighted by Gasteiger charge is 2.07. The lowest BCUT2D eigenvalue weighted by molar-refractivity contribution is 0.105. The van der Waals surface area contributed by atoms with Crippen LogP contribution in [-0.2, 0) is 0 Å². The van der Waals surface area contributed by atoms with Gasteiger partial charge in [-0.25, -0.2) is 0 Å². The van der Waals surface area contributed by atoms with Gasteiger partial charge in [-0.2, -0.15) is 0 Å². The molecule has 0 saturated carbocycles. The zero-order chi connectivity index (χ0) is 12.0. The van der Waals surface area contributed by atoms with Crippen LogP contribution in [0.5, 0.6) is 5.75 Å². The van der Waals surface area contributed by atoms with Gasteiger partial charge < -0.3 is 26.0 Å². The molecule has 16 heavy (non-hydrogen) atoms. The first kappa shape index (κ1) is 12.6. The molecular weight excluding hydrogens is 208 g/mol. The van der Waals surface area contributed by atoms with Gasteiger partial charge in [0.1, 0.15) is 5.75 Å². The van der Waals surface area contributed by atoms with Crippen molar-refractivity contribution in [2.24, 2.45) is 0 Å². The molecule has 90 valence electrons. The molecule has 0 aliphatic carbocycles. The Bertz CT molecular complexity index is 331. The molecule has 0 aliphatic heterocycles. The highest BCUT2D eigenvalue weighted by atomic mass is 16.5. The van der Waals surface area contributed by atoms with Crippen LogP contribution >= 0.6 is 0 Å². The molecule has 1 rings (SSSR count). The Kier molecular flexibility index (Phi) is 4.88. The number of nitrogens with one attached hydrogen (secondary N) is 1. The molecule has 0 aliphatic rings. The van der Waals surface area contributed by atoms with Crippen LogP contribution < -0.4 is 15.8 Å². The van der Waals surface area contributed by atoms with Crippen molar-refractivity contribution >= 4 is 11.4 Å². The van der Waals surface area contributed by atoms with Crippen LogP contribution in [-0.4, -0.2) is 36.1 Å². The molecule has 0 spiro atoms. The fraction of sp³-hybridized carbons (Fsp3) is 0.455. The Morgan fingerprint density at radius 3 is 2.88 bits per heavy atom. The second-order valence-electron chi connectivity index (χ2n) is 3.37. The van der Waals surface area contributed by atoms with E-state index >= 15 is 0 Å². The maximum atomic E-state index is 9.20. The third-order valence-electron chi connectivity index (χ3n) is 2.10. The van der Waals surface area contributed by atoms with E-state index in [4.69, 9.17) is 15.6 Å². The van der Waals surface area contributed by atoms with Crippen LogP contribution in [0, 0.1) is 0 Å². The van der Waals surface area contributed by atoms with Gasteiger partial charge in [0.25, 0.3) is 0 Å². The first-order chi connectivity index (χ1) is 7.69. The predicted octanol–water partition coefficient (Wildman–Crippen LogP) is 0.433. The van der Waals surface area contributed by atoms with Crippen molar-refractivity contribution in [3.8, 4) is 5.75 Å². The van der Waals surface area contributed by atoms with Crippen molar-refractivity contribution in [2.45, 2.75) is 13.0 Å². The number of aliphatic hydroxyl groups excluding tert-OH is 2. The predicted molar refractivity (Wildman–Crippen MR) is 63.6 cm³/mol. The first-order valence-corrected chi connectivity index (χ1v) is 5.23. The molecule has 0 bridgehead atoms. The van der Waals surface area contributed by atoms with E-state index < -0.39 is 6.10 Å². The van der Waals surface area contributed by atoms with Gasteiger partial charge in [-0.05, 0) is 19.1 Å². The number of nitrogens with two attached hydrogens (primary N) is 1. The molecule has 0 saturated heterocycles. The lowest BCUT2D eigenvalue weighted by Gasteiger charge is -2.14. The van der Waals surface area contributed by atoms with E-state index in [0.29, 0.717) is 23.7 Å². The summed E-state index contributed by atoms with van der Waals surface area (Å²) in [6.45, 7) is 2.40. The molecule has 0 radical (unpaired) electrons. The third kappa shape index (κ3) is 3.29. The number of nitrogen functional groups attached to an aromatic ring is 1. The summed E-state index contributed by atoms with van der Waals surface area (Å²) in [5.41, 5.74) is 7.07. The van der Waals surface area contributed by atoms with Gasteiger partial charge in [0.05, 0.1) is 30.7 Å². The van der Waals surface area contributed by atoms with Crippen LogP contribution in [0.3, 0.4) is 0 Å². The van der Waals surface area contributed by atoms with Crippen LogP contribution in [0.1, 0.15) is 6.92 Å². The highest BCUT2D eigenvalue weighted by molar-refractivity contribution is 5.72. The van der Waals surface area contributed by atoms with Gasteiger partial charge in [-0.3, -0.25) is 0 Å². The summed E-state index contributed by atoms with van der Waals surface area (Å²) in [5.74, 6) is 0.617. The van der Waals surface area contributed by atoms with E-state index in [1.54, 1.807) is 12.1 Å². The van der Waals surface area contributed by atoms with Crippen LogP contribution in [0.4, 0.5) is 11.4 Å². The Labute approximate surface area is 94.8 Å². The molecule has 1 aromatic rings. The Morgan fingerprint density at radius 1 is 1.50 bits per heavy atom. The largest absolute Gasteiger partial charge is 0.492 e. The van der Waals surface area contributed by atoms with E-state index in [9.17, 15) is 5.11 Å². The quantitative estimate of drug-likeness (QED) is 0.528. The third-order valence-corrected chi connectivity index (χ3v) is 2.10. The summed E-state index contributed by atoms with van der Waals surface area (Å²) in [7, 11) is 0. The van der Waals surface area contributed by atoms with Gasteiger partial charge in [0, 0.05) is 6.54 Å². The van der Waals surface area contributed by atoms with E-state index in [-0.39, 0.29) is 13.2 Å². The summed E-state index contributed by atoms with van der Waals surface area (Å²) in [6.07, 6.45) is -0.796. The minimum Gasteiger partial charge on any atom is -0.492 e. The molecule has 1 aromatic carbocycles. The Morgan fingerprint density at radius 2 is 2.25 bits per heavy atom. The van der Waals surface area contributed by atoms with Gasteiger partial charge in [0.15, 0.2) is 0 Å². The number of hydrogen-bond donors (Lipinski definition) is 4. The molecule has 0 heterocycles. The number of ether oxygens (including phenoxy) is 1. The highest BCUT2D eigenvalue weighted by Crippen LogP contribution is 2.29. The Hall–Kier alpha value is -1.46. The average molecular weight is 226 g/mol. The minimum atomic E-state index is -0.796. The minimum absolute atomic E-state index is 0.246. The maximum Gasteiger partial charge on any atom is 0.144 e. The molecule has 1 unspecified atom stereocenters. The van der Waals surface area contributed by atoms with Gasteiger partial charge >= 0.3 is 0 Å². The zero-order valence-electron chi connectivity index (χ0n) is 9.31.